The molecule has 0 aliphatic rings. The average molecular weight is 386 g/mol. The minimum Gasteiger partial charge on any atom is -0.491 e. The van der Waals surface area contributed by atoms with Crippen molar-refractivity contribution in [3.8, 4) is 5.75 Å². The molecule has 3 aromatic rings. The summed E-state index contributed by atoms with van der Waals surface area (Å²) in [7, 11) is 0. The number of benzene rings is 1. The minimum absolute atomic E-state index is 0.172. The fraction of sp³-hybridized carbons (Fsp3) is 0.350. The Labute approximate surface area is 161 Å². The van der Waals surface area contributed by atoms with E-state index >= 15 is 0 Å². The van der Waals surface area contributed by atoms with Gasteiger partial charge in [-0.15, -0.1) is 11.3 Å². The molecule has 0 bridgehead atoms. The van der Waals surface area contributed by atoms with Crippen LogP contribution in [0.5, 0.6) is 5.75 Å². The lowest BCUT2D eigenvalue weighted by molar-refractivity contribution is 0.0531. The summed E-state index contributed by atoms with van der Waals surface area (Å²) in [5.74, 6) is 0.429. The minimum atomic E-state index is -0.415. The van der Waals surface area contributed by atoms with E-state index in [0.29, 0.717) is 40.4 Å². The molecule has 2 aromatic heterocycles. The number of carbonyl (C=O) groups excluding carboxylic acids is 1. The van der Waals surface area contributed by atoms with Crippen LogP contribution in [-0.2, 0) is 11.3 Å². The van der Waals surface area contributed by atoms with Gasteiger partial charge in [0.05, 0.1) is 24.9 Å². The molecule has 27 heavy (non-hydrogen) atoms. The molecule has 0 saturated heterocycles. The van der Waals surface area contributed by atoms with Gasteiger partial charge >= 0.3 is 5.97 Å². The van der Waals surface area contributed by atoms with E-state index in [4.69, 9.17) is 9.47 Å². The van der Waals surface area contributed by atoms with Gasteiger partial charge in [-0.1, -0.05) is 18.2 Å². The van der Waals surface area contributed by atoms with Crippen LogP contribution in [0.15, 0.2) is 29.3 Å². The van der Waals surface area contributed by atoms with Gasteiger partial charge in [0.25, 0.3) is 5.56 Å². The van der Waals surface area contributed by atoms with Crippen molar-refractivity contribution >= 4 is 27.5 Å². The van der Waals surface area contributed by atoms with E-state index in [9.17, 15) is 9.59 Å². The van der Waals surface area contributed by atoms with Crippen LogP contribution in [0.2, 0.25) is 0 Å². The monoisotopic (exact) mass is 386 g/mol. The first-order valence-corrected chi connectivity index (χ1v) is 9.60. The summed E-state index contributed by atoms with van der Waals surface area (Å²) in [5, 5.41) is 0.470. The van der Waals surface area contributed by atoms with Gasteiger partial charge in [-0.05, 0) is 44.4 Å². The third kappa shape index (κ3) is 3.73. The summed E-state index contributed by atoms with van der Waals surface area (Å²) in [4.78, 5) is 30.2. The normalized spacial score (nSPS) is 11.0. The highest BCUT2D eigenvalue weighted by molar-refractivity contribution is 7.20. The molecule has 0 radical (unpaired) electrons. The number of rotatable bonds is 6. The van der Waals surface area contributed by atoms with Crippen molar-refractivity contribution in [2.24, 2.45) is 0 Å². The zero-order chi connectivity index (χ0) is 19.6. The maximum absolute atomic E-state index is 12.8. The van der Waals surface area contributed by atoms with Crippen LogP contribution >= 0.6 is 11.3 Å². The Balaban J connectivity index is 1.84. The second kappa shape index (κ2) is 7.92. The predicted molar refractivity (Wildman–Crippen MR) is 106 cm³/mol. The maximum Gasteiger partial charge on any atom is 0.348 e. The molecule has 0 aliphatic carbocycles. The first-order chi connectivity index (χ1) is 12.9. The SMILES string of the molecule is CCOC(=O)c1sc2ncn(CCOc3c(C)cccc3C)c(=O)c2c1C. The number of fused-ring (bicyclic) bond motifs is 1. The third-order valence-electron chi connectivity index (χ3n) is 4.37. The zero-order valence-electron chi connectivity index (χ0n) is 15.9. The van der Waals surface area contributed by atoms with Crippen molar-refractivity contribution in [1.82, 2.24) is 9.55 Å². The van der Waals surface area contributed by atoms with Crippen LogP contribution in [0.3, 0.4) is 0 Å². The third-order valence-corrected chi connectivity index (χ3v) is 5.55. The Morgan fingerprint density at radius 3 is 2.59 bits per heavy atom. The summed E-state index contributed by atoms with van der Waals surface area (Å²) in [6.45, 7) is 8.52. The lowest BCUT2D eigenvalue weighted by atomic mass is 10.1. The maximum atomic E-state index is 12.8. The van der Waals surface area contributed by atoms with Gasteiger partial charge in [0.1, 0.15) is 22.1 Å². The van der Waals surface area contributed by atoms with Gasteiger partial charge in [-0.3, -0.25) is 9.36 Å². The summed E-state index contributed by atoms with van der Waals surface area (Å²) in [6.07, 6.45) is 1.50. The molecule has 0 spiro atoms. The molecule has 2 heterocycles. The molecule has 142 valence electrons. The summed E-state index contributed by atoms with van der Waals surface area (Å²) >= 11 is 1.19. The topological polar surface area (TPSA) is 70.4 Å². The number of hydrogen-bond donors (Lipinski definition) is 0. The molecule has 1 aromatic carbocycles. The lowest BCUT2D eigenvalue weighted by Crippen LogP contribution is -2.23. The molecule has 0 unspecified atom stereocenters. The molecule has 7 heteroatoms. The molecule has 0 N–H and O–H groups in total. The number of aromatic nitrogens is 2. The molecule has 6 nitrogen and oxygen atoms in total. The van der Waals surface area contributed by atoms with Gasteiger partial charge in [-0.2, -0.15) is 0 Å². The Morgan fingerprint density at radius 1 is 1.22 bits per heavy atom. The highest BCUT2D eigenvalue weighted by atomic mass is 32.1. The molecular weight excluding hydrogens is 364 g/mol. The molecule has 0 atom stereocenters. The number of para-hydroxylation sites is 1. The Bertz CT molecular complexity index is 1030. The molecule has 3 rings (SSSR count). The van der Waals surface area contributed by atoms with Gasteiger partial charge in [-0.25, -0.2) is 9.78 Å². The molecular formula is C20H22N2O4S. The average Bonchev–Trinajstić information content (AvgIpc) is 2.97. The Kier molecular flexibility index (Phi) is 5.60. The standard InChI is InChI=1S/C20H22N2O4S/c1-5-25-20(24)17-14(4)15-18(27-17)21-11-22(19(15)23)9-10-26-16-12(2)7-6-8-13(16)3/h6-8,11H,5,9-10H2,1-4H3. The smallest absolute Gasteiger partial charge is 0.348 e. The van der Waals surface area contributed by atoms with Gasteiger partial charge < -0.3 is 9.47 Å². The van der Waals surface area contributed by atoms with E-state index in [-0.39, 0.29) is 5.56 Å². The molecule has 0 amide bonds. The highest BCUT2D eigenvalue weighted by Crippen LogP contribution is 2.27. The summed E-state index contributed by atoms with van der Waals surface area (Å²) < 4.78 is 12.5. The molecule has 0 aliphatic heterocycles. The number of ether oxygens (including phenoxy) is 2. The van der Waals surface area contributed by atoms with Crippen molar-refractivity contribution in [3.63, 3.8) is 0 Å². The number of nitrogens with zero attached hydrogens (tertiary/aromatic N) is 2. The van der Waals surface area contributed by atoms with Gasteiger partial charge in [0.15, 0.2) is 0 Å². The van der Waals surface area contributed by atoms with Crippen molar-refractivity contribution in [2.75, 3.05) is 13.2 Å². The van der Waals surface area contributed by atoms with Crippen LogP contribution in [0.4, 0.5) is 0 Å². The fourth-order valence-corrected chi connectivity index (χ4v) is 4.02. The van der Waals surface area contributed by atoms with Crippen molar-refractivity contribution < 1.29 is 14.3 Å². The van der Waals surface area contributed by atoms with Crippen molar-refractivity contribution in [1.29, 1.82) is 0 Å². The highest BCUT2D eigenvalue weighted by Gasteiger charge is 2.20. The van der Waals surface area contributed by atoms with E-state index in [0.717, 1.165) is 16.9 Å². The first kappa shape index (κ1) is 19.1. The second-order valence-electron chi connectivity index (χ2n) is 6.27. The Morgan fingerprint density at radius 2 is 1.93 bits per heavy atom. The number of hydrogen-bond acceptors (Lipinski definition) is 6. The lowest BCUT2D eigenvalue weighted by Gasteiger charge is -2.12. The van der Waals surface area contributed by atoms with Crippen molar-refractivity contribution in [3.05, 3.63) is 56.4 Å². The first-order valence-electron chi connectivity index (χ1n) is 8.78. The van der Waals surface area contributed by atoms with E-state index in [2.05, 4.69) is 4.98 Å². The van der Waals surface area contributed by atoms with Crippen LogP contribution in [-0.4, -0.2) is 28.7 Å². The quantitative estimate of drug-likeness (QED) is 0.605. The van der Waals surface area contributed by atoms with Gasteiger partial charge in [0.2, 0.25) is 0 Å². The number of esters is 1. The Hall–Kier alpha value is -2.67. The summed E-state index contributed by atoms with van der Waals surface area (Å²) in [5.41, 5.74) is 2.57. The van der Waals surface area contributed by atoms with Gasteiger partial charge in [0, 0.05) is 0 Å². The number of carbonyl (C=O) groups is 1. The predicted octanol–water partition coefficient (Wildman–Crippen LogP) is 3.64. The van der Waals surface area contributed by atoms with Crippen LogP contribution in [0, 0.1) is 20.8 Å². The molecule has 0 fully saturated rings. The number of thiophene rings is 1. The number of aryl methyl sites for hydroxylation is 3. The van der Waals surface area contributed by atoms with Crippen molar-refractivity contribution in [2.45, 2.75) is 34.2 Å². The van der Waals surface area contributed by atoms with Crippen LogP contribution < -0.4 is 10.3 Å². The zero-order valence-corrected chi connectivity index (χ0v) is 16.7. The summed E-state index contributed by atoms with van der Waals surface area (Å²) in [6, 6.07) is 5.97. The van der Waals surface area contributed by atoms with E-state index < -0.39 is 5.97 Å². The largest absolute Gasteiger partial charge is 0.491 e. The van der Waals surface area contributed by atoms with Crippen LogP contribution in [0.25, 0.3) is 10.2 Å². The van der Waals surface area contributed by atoms with E-state index in [1.807, 2.05) is 32.0 Å². The van der Waals surface area contributed by atoms with E-state index in [1.54, 1.807) is 13.8 Å². The molecule has 0 saturated carbocycles. The van der Waals surface area contributed by atoms with Crippen LogP contribution in [0.1, 0.15) is 33.3 Å². The second-order valence-corrected chi connectivity index (χ2v) is 7.27. The fourth-order valence-electron chi connectivity index (χ4n) is 2.98. The van der Waals surface area contributed by atoms with E-state index in [1.165, 1.54) is 22.2 Å².